The minimum atomic E-state index is -0.769. The molecular weight excluding hydrogens is 777 g/mol. The molecule has 0 aromatic rings. The van der Waals surface area contributed by atoms with E-state index in [1.54, 1.807) is 0 Å². The highest BCUT2D eigenvalue weighted by Gasteiger charge is 2.16. The van der Waals surface area contributed by atoms with Crippen molar-refractivity contribution in [3.05, 3.63) is 12.2 Å². The van der Waals surface area contributed by atoms with E-state index >= 15 is 0 Å². The molecule has 0 rings (SSSR count). The van der Waals surface area contributed by atoms with Crippen LogP contribution in [-0.2, 0) is 19.1 Å². The van der Waals surface area contributed by atoms with Crippen LogP contribution < -0.4 is 0 Å². The van der Waals surface area contributed by atoms with Crippen molar-refractivity contribution < 1.29 is 24.2 Å². The molecule has 0 aromatic heterocycles. The van der Waals surface area contributed by atoms with Gasteiger partial charge in [0.05, 0.1) is 6.61 Å². The predicted octanol–water partition coefficient (Wildman–Crippen LogP) is 19.1. The number of unbranched alkanes of at least 4 members (excludes halogenated alkanes) is 44. The van der Waals surface area contributed by atoms with E-state index in [-0.39, 0.29) is 25.2 Å². The van der Waals surface area contributed by atoms with Gasteiger partial charge in [-0.3, -0.25) is 9.59 Å². The van der Waals surface area contributed by atoms with Crippen LogP contribution in [0.25, 0.3) is 0 Å². The maximum atomic E-state index is 12.3. The number of carbonyl (C=O) groups is 2. The van der Waals surface area contributed by atoms with Crippen LogP contribution in [0.3, 0.4) is 0 Å². The Balaban J connectivity index is 3.39. The molecule has 0 heterocycles. The van der Waals surface area contributed by atoms with E-state index in [0.717, 1.165) is 32.1 Å². The topological polar surface area (TPSA) is 72.8 Å². The molecule has 0 aliphatic heterocycles. The fourth-order valence-corrected chi connectivity index (χ4v) is 8.97. The Hall–Kier alpha value is -1.36. The van der Waals surface area contributed by atoms with Crippen LogP contribution in [0, 0.1) is 0 Å². The van der Waals surface area contributed by atoms with Crippen molar-refractivity contribution >= 4 is 11.9 Å². The molecule has 0 fully saturated rings. The molecule has 0 spiro atoms. The lowest BCUT2D eigenvalue weighted by molar-refractivity contribution is -0.161. The summed E-state index contributed by atoms with van der Waals surface area (Å²) < 4.78 is 10.7. The third kappa shape index (κ3) is 53.1. The second-order valence-electron chi connectivity index (χ2n) is 19.7. The van der Waals surface area contributed by atoms with Gasteiger partial charge < -0.3 is 14.6 Å². The minimum Gasteiger partial charge on any atom is -0.462 e. The lowest BCUT2D eigenvalue weighted by Gasteiger charge is -2.15. The second-order valence-corrected chi connectivity index (χ2v) is 19.7. The zero-order valence-electron chi connectivity index (χ0n) is 42.9. The predicted molar refractivity (Wildman–Crippen MR) is 275 cm³/mol. The molecule has 5 heteroatoms. The monoisotopic (exact) mass is 889 g/mol. The highest BCUT2D eigenvalue weighted by Crippen LogP contribution is 2.18. The first-order chi connectivity index (χ1) is 31.1. The van der Waals surface area contributed by atoms with Crippen molar-refractivity contribution in [2.45, 2.75) is 335 Å². The molecule has 374 valence electrons. The minimum absolute atomic E-state index is 0.0605. The molecule has 1 unspecified atom stereocenters. The number of ether oxygens (including phenoxy) is 2. The quantitative estimate of drug-likeness (QED) is 0.0374. The van der Waals surface area contributed by atoms with Gasteiger partial charge in [0.15, 0.2) is 6.10 Å². The summed E-state index contributed by atoms with van der Waals surface area (Å²) in [4.78, 5) is 24.5. The standard InChI is InChI=1S/C58H112O5/c1-3-5-7-9-11-13-15-17-19-21-23-24-25-26-27-28-29-30-31-32-33-34-35-37-38-40-42-44-46-48-50-52-57(60)62-55-56(54-59)63-58(61)53-51-49-47-45-43-41-39-36-22-20-18-16-14-12-10-8-6-4-2/h20,22,56,59H,3-19,21,23-55H2,1-2H3/b22-20-. The average molecular weight is 890 g/mol. The zero-order valence-corrected chi connectivity index (χ0v) is 42.9. The van der Waals surface area contributed by atoms with E-state index in [0.29, 0.717) is 12.8 Å². The summed E-state index contributed by atoms with van der Waals surface area (Å²) in [6, 6.07) is 0. The van der Waals surface area contributed by atoms with Gasteiger partial charge >= 0.3 is 11.9 Å². The van der Waals surface area contributed by atoms with Crippen LogP contribution in [0.5, 0.6) is 0 Å². The van der Waals surface area contributed by atoms with Gasteiger partial charge in [-0.2, -0.15) is 0 Å². The molecule has 1 N–H and O–H groups in total. The van der Waals surface area contributed by atoms with Crippen molar-refractivity contribution in [3.8, 4) is 0 Å². The van der Waals surface area contributed by atoms with E-state index < -0.39 is 6.10 Å². The van der Waals surface area contributed by atoms with Crippen LogP contribution in [0.4, 0.5) is 0 Å². The maximum Gasteiger partial charge on any atom is 0.306 e. The van der Waals surface area contributed by atoms with E-state index in [9.17, 15) is 14.7 Å². The molecule has 0 bridgehead atoms. The third-order valence-corrected chi connectivity index (χ3v) is 13.3. The number of hydrogen-bond donors (Lipinski definition) is 1. The number of allylic oxidation sites excluding steroid dienone is 2. The van der Waals surface area contributed by atoms with Gasteiger partial charge in [0, 0.05) is 12.8 Å². The molecule has 0 amide bonds. The molecule has 0 aliphatic carbocycles. The number of esters is 2. The Labute approximate surface area is 394 Å². The molecule has 0 radical (unpaired) electrons. The first kappa shape index (κ1) is 61.6. The average Bonchev–Trinajstić information content (AvgIpc) is 3.29. The highest BCUT2D eigenvalue weighted by atomic mass is 16.6. The number of hydrogen-bond acceptors (Lipinski definition) is 5. The SMILES string of the molecule is CCCCCCCCC/C=C\CCCCCCCCCC(=O)OC(CO)COC(=O)CCCCCCCCCCCCCCCCCCCCCCCCCCCCCCCCC. The highest BCUT2D eigenvalue weighted by molar-refractivity contribution is 5.70. The summed E-state index contributed by atoms with van der Waals surface area (Å²) in [6.45, 7) is 4.19. The Morgan fingerprint density at radius 1 is 0.349 bits per heavy atom. The molecule has 63 heavy (non-hydrogen) atoms. The fraction of sp³-hybridized carbons (Fsp3) is 0.931. The largest absolute Gasteiger partial charge is 0.462 e. The zero-order chi connectivity index (χ0) is 45.6. The summed E-state index contributed by atoms with van der Waals surface area (Å²) in [5.41, 5.74) is 0. The first-order valence-electron chi connectivity index (χ1n) is 28.7. The Morgan fingerprint density at radius 3 is 0.857 bits per heavy atom. The maximum absolute atomic E-state index is 12.3. The van der Waals surface area contributed by atoms with Crippen LogP contribution in [0.15, 0.2) is 12.2 Å². The Kier molecular flexibility index (Phi) is 53.8. The summed E-state index contributed by atoms with van der Waals surface area (Å²) in [5.74, 6) is -0.575. The number of aliphatic hydroxyl groups excluding tert-OH is 1. The molecule has 0 aromatic carbocycles. The van der Waals surface area contributed by atoms with Crippen LogP contribution >= 0.6 is 0 Å². The Morgan fingerprint density at radius 2 is 0.587 bits per heavy atom. The van der Waals surface area contributed by atoms with E-state index in [1.807, 2.05) is 0 Å². The van der Waals surface area contributed by atoms with Gasteiger partial charge in [0.1, 0.15) is 6.61 Å². The van der Waals surface area contributed by atoms with Crippen molar-refractivity contribution in [3.63, 3.8) is 0 Å². The molecule has 0 saturated carbocycles. The molecule has 1 atom stereocenters. The normalized spacial score (nSPS) is 12.1. The van der Waals surface area contributed by atoms with Gasteiger partial charge in [-0.15, -0.1) is 0 Å². The molecular formula is C58H112O5. The first-order valence-corrected chi connectivity index (χ1v) is 28.7. The third-order valence-electron chi connectivity index (χ3n) is 13.3. The van der Waals surface area contributed by atoms with Crippen molar-refractivity contribution in [2.75, 3.05) is 13.2 Å². The van der Waals surface area contributed by atoms with Gasteiger partial charge in [-0.25, -0.2) is 0 Å². The summed E-state index contributed by atoms with van der Waals surface area (Å²) in [7, 11) is 0. The number of carbonyl (C=O) groups excluding carboxylic acids is 2. The number of rotatable bonds is 54. The van der Waals surface area contributed by atoms with Gasteiger partial charge in [0.2, 0.25) is 0 Å². The molecule has 5 nitrogen and oxygen atoms in total. The number of aliphatic hydroxyl groups is 1. The molecule has 0 aliphatic rings. The summed E-state index contributed by atoms with van der Waals surface area (Å²) in [6.07, 6.45) is 67.7. The smallest absolute Gasteiger partial charge is 0.306 e. The van der Waals surface area contributed by atoms with Gasteiger partial charge in [0.25, 0.3) is 0 Å². The van der Waals surface area contributed by atoms with Crippen molar-refractivity contribution in [1.29, 1.82) is 0 Å². The Bertz CT molecular complexity index is 917. The van der Waals surface area contributed by atoms with E-state index in [1.165, 1.54) is 270 Å². The molecule has 0 saturated heterocycles. The van der Waals surface area contributed by atoms with Crippen LogP contribution in [-0.4, -0.2) is 36.4 Å². The van der Waals surface area contributed by atoms with Crippen molar-refractivity contribution in [2.24, 2.45) is 0 Å². The van der Waals surface area contributed by atoms with E-state index in [2.05, 4.69) is 26.0 Å². The van der Waals surface area contributed by atoms with Gasteiger partial charge in [-0.1, -0.05) is 289 Å². The summed E-state index contributed by atoms with van der Waals surface area (Å²) >= 11 is 0. The lowest BCUT2D eigenvalue weighted by Crippen LogP contribution is -2.28. The van der Waals surface area contributed by atoms with E-state index in [4.69, 9.17) is 9.47 Å². The van der Waals surface area contributed by atoms with Crippen LogP contribution in [0.2, 0.25) is 0 Å². The second kappa shape index (κ2) is 55.0. The summed E-state index contributed by atoms with van der Waals surface area (Å²) in [5, 5.41) is 9.64. The lowest BCUT2D eigenvalue weighted by atomic mass is 10.0. The van der Waals surface area contributed by atoms with Crippen molar-refractivity contribution in [1.82, 2.24) is 0 Å². The fourth-order valence-electron chi connectivity index (χ4n) is 8.97. The van der Waals surface area contributed by atoms with Crippen LogP contribution in [0.1, 0.15) is 328 Å². The van der Waals surface area contributed by atoms with Gasteiger partial charge in [-0.05, 0) is 38.5 Å².